The van der Waals surface area contributed by atoms with Crippen molar-refractivity contribution < 1.29 is 27.1 Å². The molecule has 6 nitrogen and oxygen atoms in total. The first-order valence-electron chi connectivity index (χ1n) is 11.1. The van der Waals surface area contributed by atoms with E-state index in [1.165, 1.54) is 12.3 Å². The summed E-state index contributed by atoms with van der Waals surface area (Å²) >= 11 is 0. The minimum atomic E-state index is -2.96. The number of halogens is 4. The number of fused-ring (bicyclic) bond motifs is 1. The SMILES string of the molecule is Cc1ncc(OC(F)F)cc1-c1nn(C(C)C)c2c1CCC(C(=O)NC1(C)CC(F)(F)C1)C2. The van der Waals surface area contributed by atoms with Crippen molar-refractivity contribution in [1.29, 1.82) is 0 Å². The molecule has 2 aromatic rings. The van der Waals surface area contributed by atoms with E-state index in [0.29, 0.717) is 36.2 Å². The maximum absolute atomic E-state index is 13.3. The highest BCUT2D eigenvalue weighted by Crippen LogP contribution is 2.45. The van der Waals surface area contributed by atoms with Crippen molar-refractivity contribution >= 4 is 5.91 Å². The standard InChI is InChI=1S/C23H28F4N4O2/c1-12(2)31-18-7-14(20(32)29-22(4)10-23(26,27)11-22)5-6-16(18)19(30-31)17-8-15(33-21(24)25)9-28-13(17)3/h8-9,12,14,21H,5-7,10-11H2,1-4H3,(H,29,32). The van der Waals surface area contributed by atoms with Crippen LogP contribution < -0.4 is 10.1 Å². The Labute approximate surface area is 189 Å². The number of rotatable bonds is 6. The summed E-state index contributed by atoms with van der Waals surface area (Å²) in [6.45, 7) is 4.41. The lowest BCUT2D eigenvalue weighted by molar-refractivity contribution is -0.146. The van der Waals surface area contributed by atoms with E-state index in [9.17, 15) is 22.4 Å². The molecule has 2 aromatic heterocycles. The molecule has 1 N–H and O–H groups in total. The van der Waals surface area contributed by atoms with Gasteiger partial charge in [0.25, 0.3) is 5.92 Å². The minimum absolute atomic E-state index is 0.00548. The molecular weight excluding hydrogens is 440 g/mol. The Morgan fingerprint density at radius 1 is 1.30 bits per heavy atom. The van der Waals surface area contributed by atoms with Gasteiger partial charge in [0.1, 0.15) is 5.75 Å². The van der Waals surface area contributed by atoms with Crippen LogP contribution >= 0.6 is 0 Å². The Morgan fingerprint density at radius 3 is 2.61 bits per heavy atom. The lowest BCUT2D eigenvalue weighted by atomic mass is 9.74. The van der Waals surface area contributed by atoms with Crippen LogP contribution in [0.25, 0.3) is 11.3 Å². The number of amides is 1. The number of carbonyl (C=O) groups is 1. The van der Waals surface area contributed by atoms with Crippen LogP contribution in [0.1, 0.15) is 63.0 Å². The Bertz CT molecular complexity index is 1060. The van der Waals surface area contributed by atoms with Crippen LogP contribution in [0.3, 0.4) is 0 Å². The van der Waals surface area contributed by atoms with Gasteiger partial charge in [-0.3, -0.25) is 14.5 Å². The fourth-order valence-corrected chi connectivity index (χ4v) is 5.00. The molecule has 2 aliphatic rings. The molecule has 0 spiro atoms. The molecule has 180 valence electrons. The predicted octanol–water partition coefficient (Wildman–Crippen LogP) is 4.84. The average molecular weight is 468 g/mol. The molecule has 0 radical (unpaired) electrons. The topological polar surface area (TPSA) is 69.0 Å². The van der Waals surface area contributed by atoms with Gasteiger partial charge in [0.15, 0.2) is 0 Å². The van der Waals surface area contributed by atoms with Gasteiger partial charge < -0.3 is 10.1 Å². The molecule has 1 fully saturated rings. The van der Waals surface area contributed by atoms with Crippen molar-refractivity contribution in [3.63, 3.8) is 0 Å². The third-order valence-electron chi connectivity index (χ3n) is 6.43. The van der Waals surface area contributed by atoms with E-state index in [0.717, 1.165) is 11.3 Å². The number of pyridine rings is 1. The van der Waals surface area contributed by atoms with E-state index < -0.39 is 18.1 Å². The molecular formula is C23H28F4N4O2. The largest absolute Gasteiger partial charge is 0.433 e. The van der Waals surface area contributed by atoms with Crippen molar-refractivity contribution in [3.05, 3.63) is 29.2 Å². The van der Waals surface area contributed by atoms with E-state index in [1.54, 1.807) is 13.8 Å². The average Bonchev–Trinajstić information content (AvgIpc) is 3.06. The van der Waals surface area contributed by atoms with Gasteiger partial charge in [-0.1, -0.05) is 0 Å². The summed E-state index contributed by atoms with van der Waals surface area (Å²) < 4.78 is 58.4. The molecule has 10 heteroatoms. The second-order valence-corrected chi connectivity index (χ2v) is 9.69. The summed E-state index contributed by atoms with van der Waals surface area (Å²) in [6.07, 6.45) is 2.09. The zero-order valence-corrected chi connectivity index (χ0v) is 19.1. The fourth-order valence-electron chi connectivity index (χ4n) is 5.00. The van der Waals surface area contributed by atoms with E-state index in [4.69, 9.17) is 5.10 Å². The number of alkyl halides is 4. The minimum Gasteiger partial charge on any atom is -0.433 e. The van der Waals surface area contributed by atoms with Crippen LogP contribution in [0.4, 0.5) is 17.6 Å². The van der Waals surface area contributed by atoms with E-state index in [-0.39, 0.29) is 36.5 Å². The second-order valence-electron chi connectivity index (χ2n) is 9.69. The van der Waals surface area contributed by atoms with Gasteiger partial charge in [0, 0.05) is 59.3 Å². The molecule has 1 atom stereocenters. The van der Waals surface area contributed by atoms with Crippen LogP contribution in [0.2, 0.25) is 0 Å². The highest BCUT2D eigenvalue weighted by atomic mass is 19.3. The molecule has 1 unspecified atom stereocenters. The molecule has 33 heavy (non-hydrogen) atoms. The Hall–Kier alpha value is -2.65. The third kappa shape index (κ3) is 4.70. The molecule has 2 heterocycles. The van der Waals surface area contributed by atoms with E-state index >= 15 is 0 Å². The summed E-state index contributed by atoms with van der Waals surface area (Å²) in [7, 11) is 0. The molecule has 4 rings (SSSR count). The Kier molecular flexibility index (Phi) is 5.90. The van der Waals surface area contributed by atoms with E-state index in [2.05, 4.69) is 15.0 Å². The monoisotopic (exact) mass is 468 g/mol. The van der Waals surface area contributed by atoms with Crippen LogP contribution in [-0.2, 0) is 17.6 Å². The molecule has 0 bridgehead atoms. The smallest absolute Gasteiger partial charge is 0.387 e. The number of ether oxygens (including phenoxy) is 1. The summed E-state index contributed by atoms with van der Waals surface area (Å²) in [5.41, 5.74) is 2.86. The number of carbonyl (C=O) groups excluding carboxylic acids is 1. The number of hydrogen-bond donors (Lipinski definition) is 1. The van der Waals surface area contributed by atoms with Gasteiger partial charge in [-0.05, 0) is 46.6 Å². The van der Waals surface area contributed by atoms with Crippen LogP contribution in [0.15, 0.2) is 12.3 Å². The van der Waals surface area contributed by atoms with Gasteiger partial charge in [-0.25, -0.2) is 8.78 Å². The summed E-state index contributed by atoms with van der Waals surface area (Å²) in [5, 5.41) is 7.58. The number of aromatic nitrogens is 3. The first-order valence-corrected chi connectivity index (χ1v) is 11.1. The van der Waals surface area contributed by atoms with Gasteiger partial charge >= 0.3 is 6.61 Å². The number of aryl methyl sites for hydroxylation is 1. The predicted molar refractivity (Wildman–Crippen MR) is 113 cm³/mol. The van der Waals surface area contributed by atoms with Gasteiger partial charge in [0.2, 0.25) is 5.91 Å². The Balaban J connectivity index is 1.61. The second kappa shape index (κ2) is 8.29. The summed E-state index contributed by atoms with van der Waals surface area (Å²) in [5.74, 6) is -3.33. The first kappa shape index (κ1) is 23.5. The normalized spacial score (nSPS) is 21.0. The number of nitrogens with zero attached hydrogens (tertiary/aromatic N) is 3. The maximum Gasteiger partial charge on any atom is 0.387 e. The zero-order chi connectivity index (χ0) is 24.1. The highest BCUT2D eigenvalue weighted by Gasteiger charge is 2.54. The molecule has 1 saturated carbocycles. The van der Waals surface area contributed by atoms with Crippen LogP contribution in [0, 0.1) is 12.8 Å². The summed E-state index contributed by atoms with van der Waals surface area (Å²) in [6, 6.07) is 1.52. The van der Waals surface area contributed by atoms with Gasteiger partial charge in [-0.2, -0.15) is 13.9 Å². The molecule has 0 aliphatic heterocycles. The lowest BCUT2D eigenvalue weighted by Gasteiger charge is -2.46. The van der Waals surface area contributed by atoms with Crippen molar-refractivity contribution in [3.8, 4) is 17.0 Å². The van der Waals surface area contributed by atoms with Crippen molar-refractivity contribution in [2.75, 3.05) is 0 Å². The van der Waals surface area contributed by atoms with Crippen LogP contribution in [-0.4, -0.2) is 38.7 Å². The zero-order valence-electron chi connectivity index (χ0n) is 19.1. The molecule has 0 aromatic carbocycles. The maximum atomic E-state index is 13.3. The highest BCUT2D eigenvalue weighted by molar-refractivity contribution is 5.81. The van der Waals surface area contributed by atoms with Crippen LogP contribution in [0.5, 0.6) is 5.75 Å². The molecule has 2 aliphatic carbocycles. The quantitative estimate of drug-likeness (QED) is 0.616. The Morgan fingerprint density at radius 2 is 2.00 bits per heavy atom. The number of hydrogen-bond acceptors (Lipinski definition) is 4. The molecule has 1 amide bonds. The lowest BCUT2D eigenvalue weighted by Crippen LogP contribution is -2.61. The first-order chi connectivity index (χ1) is 15.4. The third-order valence-corrected chi connectivity index (χ3v) is 6.43. The van der Waals surface area contributed by atoms with Crippen molar-refractivity contribution in [1.82, 2.24) is 20.1 Å². The van der Waals surface area contributed by atoms with Crippen molar-refractivity contribution in [2.45, 2.75) is 83.9 Å². The van der Waals surface area contributed by atoms with E-state index in [1.807, 2.05) is 18.5 Å². The number of nitrogens with one attached hydrogen (secondary N) is 1. The van der Waals surface area contributed by atoms with Gasteiger partial charge in [-0.15, -0.1) is 0 Å². The van der Waals surface area contributed by atoms with Gasteiger partial charge in [0.05, 0.1) is 11.9 Å². The molecule has 0 saturated heterocycles. The fraction of sp³-hybridized carbons (Fsp3) is 0.609. The van der Waals surface area contributed by atoms with Crippen molar-refractivity contribution in [2.24, 2.45) is 5.92 Å². The summed E-state index contributed by atoms with van der Waals surface area (Å²) in [4.78, 5) is 17.1.